The normalized spacial score (nSPS) is 13.6. The molecule has 0 fully saturated rings. The maximum atomic E-state index is 10.1. The highest BCUT2D eigenvalue weighted by Crippen LogP contribution is 2.57. The highest BCUT2D eigenvalue weighted by molar-refractivity contribution is 5.98. The van der Waals surface area contributed by atoms with Crippen LogP contribution >= 0.6 is 0 Å². The lowest BCUT2D eigenvalue weighted by molar-refractivity contribution is 0.768. The summed E-state index contributed by atoms with van der Waals surface area (Å²) < 4.78 is 38.3. The van der Waals surface area contributed by atoms with Crippen LogP contribution in [-0.4, -0.2) is 0 Å². The predicted molar refractivity (Wildman–Crippen MR) is 244 cm³/mol. The van der Waals surface area contributed by atoms with E-state index in [9.17, 15) is 5.48 Å². The Kier molecular flexibility index (Phi) is 7.14. The molecule has 11 rings (SSSR count). The standard InChI is InChI=1S/C57H39N/c1-3-22-46(23-4-1)57(47-24-5-2-6-25-47)55-31-12-11-29-53(55)54-35-34-50(39-56(54)57)58(48-26-13-20-43(37-48)44-33-32-40-16-7-8-18-42(40)36-44)49-27-14-21-45(38-49)52-30-15-19-41-17-9-10-28-51(41)52/h1-39H/i13D,20D,26D,37D. The van der Waals surface area contributed by atoms with Gasteiger partial charge in [0.05, 0.1) is 10.9 Å². The third-order valence-electron chi connectivity index (χ3n) is 11.8. The van der Waals surface area contributed by atoms with Crippen LogP contribution in [0.3, 0.4) is 0 Å². The second-order valence-corrected chi connectivity index (χ2v) is 15.0. The van der Waals surface area contributed by atoms with E-state index in [-0.39, 0.29) is 29.9 Å². The fourth-order valence-electron chi connectivity index (χ4n) is 9.20. The van der Waals surface area contributed by atoms with Crippen LogP contribution in [0.25, 0.3) is 54.9 Å². The van der Waals surface area contributed by atoms with Crippen molar-refractivity contribution in [3.63, 3.8) is 0 Å². The summed E-state index contributed by atoms with van der Waals surface area (Å²) in [6.45, 7) is 0. The second-order valence-electron chi connectivity index (χ2n) is 15.0. The van der Waals surface area contributed by atoms with Gasteiger partial charge in [-0.3, -0.25) is 0 Å². The van der Waals surface area contributed by atoms with Crippen LogP contribution in [0.1, 0.15) is 27.7 Å². The summed E-state index contributed by atoms with van der Waals surface area (Å²) >= 11 is 0. The minimum absolute atomic E-state index is 0.0167. The molecule has 0 saturated carbocycles. The second kappa shape index (κ2) is 13.9. The zero-order valence-corrected chi connectivity index (χ0v) is 31.7. The summed E-state index contributed by atoms with van der Waals surface area (Å²) in [7, 11) is 0. The Morgan fingerprint density at radius 1 is 0.362 bits per heavy atom. The zero-order valence-electron chi connectivity index (χ0n) is 35.7. The lowest BCUT2D eigenvalue weighted by atomic mass is 9.67. The molecular weight excluding hydrogens is 699 g/mol. The number of hydrogen-bond donors (Lipinski definition) is 0. The van der Waals surface area contributed by atoms with Crippen molar-refractivity contribution in [2.75, 3.05) is 4.90 Å². The Labute approximate surface area is 345 Å². The largest absolute Gasteiger partial charge is 0.310 e. The molecule has 10 aromatic carbocycles. The van der Waals surface area contributed by atoms with E-state index < -0.39 is 5.41 Å². The molecule has 0 aliphatic heterocycles. The Morgan fingerprint density at radius 3 is 1.83 bits per heavy atom. The summed E-state index contributed by atoms with van der Waals surface area (Å²) in [5.41, 5.74) is 10.9. The fraction of sp³-hybridized carbons (Fsp3) is 0.0175. The van der Waals surface area contributed by atoms with Crippen LogP contribution < -0.4 is 4.90 Å². The van der Waals surface area contributed by atoms with E-state index in [0.717, 1.165) is 71.9 Å². The molecule has 0 heterocycles. The third-order valence-corrected chi connectivity index (χ3v) is 11.8. The molecule has 1 aliphatic carbocycles. The van der Waals surface area contributed by atoms with E-state index in [2.05, 4.69) is 158 Å². The van der Waals surface area contributed by atoms with Crippen molar-refractivity contribution in [1.29, 1.82) is 0 Å². The molecule has 0 N–H and O–H groups in total. The molecule has 0 unspecified atom stereocenters. The van der Waals surface area contributed by atoms with Crippen LogP contribution in [0, 0.1) is 0 Å². The summed E-state index contributed by atoms with van der Waals surface area (Å²) in [5, 5.41) is 4.28. The van der Waals surface area contributed by atoms with Crippen molar-refractivity contribution < 1.29 is 5.48 Å². The summed E-state index contributed by atoms with van der Waals surface area (Å²) in [4.78, 5) is 1.98. The lowest BCUT2D eigenvalue weighted by Gasteiger charge is -2.35. The molecule has 0 saturated heterocycles. The van der Waals surface area contributed by atoms with Gasteiger partial charge in [-0.25, -0.2) is 0 Å². The number of hydrogen-bond acceptors (Lipinski definition) is 1. The van der Waals surface area contributed by atoms with Gasteiger partial charge in [0.1, 0.15) is 0 Å². The summed E-state index contributed by atoms with van der Waals surface area (Å²) in [6, 6.07) is 72.8. The molecule has 0 atom stereocenters. The first kappa shape index (κ1) is 29.8. The summed E-state index contributed by atoms with van der Waals surface area (Å²) in [6.07, 6.45) is 0. The molecule has 10 aromatic rings. The molecule has 58 heavy (non-hydrogen) atoms. The van der Waals surface area contributed by atoms with Gasteiger partial charge in [0.2, 0.25) is 0 Å². The quantitative estimate of drug-likeness (QED) is 0.157. The maximum Gasteiger partial charge on any atom is 0.0714 e. The smallest absolute Gasteiger partial charge is 0.0714 e. The van der Waals surface area contributed by atoms with Crippen molar-refractivity contribution in [3.8, 4) is 33.4 Å². The lowest BCUT2D eigenvalue weighted by Crippen LogP contribution is -2.28. The molecule has 0 spiro atoms. The Balaban J connectivity index is 1.21. The first-order chi connectivity index (χ1) is 30.4. The van der Waals surface area contributed by atoms with Gasteiger partial charge in [-0.05, 0) is 120 Å². The van der Waals surface area contributed by atoms with Gasteiger partial charge in [0, 0.05) is 17.1 Å². The van der Waals surface area contributed by atoms with E-state index >= 15 is 0 Å². The highest BCUT2D eigenvalue weighted by atomic mass is 15.1. The molecule has 0 bridgehead atoms. The van der Waals surface area contributed by atoms with Crippen molar-refractivity contribution in [2.45, 2.75) is 5.41 Å². The van der Waals surface area contributed by atoms with Crippen LogP contribution in [0.15, 0.2) is 236 Å². The van der Waals surface area contributed by atoms with Crippen LogP contribution in [-0.2, 0) is 5.41 Å². The Bertz CT molecular complexity index is 3320. The SMILES string of the molecule is [2H]c1c([2H])c(-c2ccc3ccccc3c2)c([2H])c(N(c2cccc(-c3cccc4ccccc34)c2)c2ccc3c(c2)C(c2ccccc2)(c2ccccc2)c2ccccc2-3)c1[2H]. The Morgan fingerprint density at radius 2 is 1.00 bits per heavy atom. The zero-order chi connectivity index (χ0) is 42.0. The fourth-order valence-corrected chi connectivity index (χ4v) is 9.20. The average Bonchev–Trinajstić information content (AvgIpc) is 3.63. The highest BCUT2D eigenvalue weighted by Gasteiger charge is 2.46. The molecule has 0 aromatic heterocycles. The molecule has 272 valence electrons. The van der Waals surface area contributed by atoms with Crippen molar-refractivity contribution in [2.24, 2.45) is 0 Å². The minimum Gasteiger partial charge on any atom is -0.310 e. The third kappa shape index (κ3) is 5.47. The molecule has 1 nitrogen and oxygen atoms in total. The van der Waals surface area contributed by atoms with Crippen LogP contribution in [0.4, 0.5) is 17.1 Å². The van der Waals surface area contributed by atoms with E-state index in [1.54, 1.807) is 0 Å². The van der Waals surface area contributed by atoms with Gasteiger partial charge >= 0.3 is 0 Å². The van der Waals surface area contributed by atoms with Gasteiger partial charge in [-0.1, -0.05) is 194 Å². The molecule has 1 heteroatoms. The van der Waals surface area contributed by atoms with E-state index in [0.29, 0.717) is 11.1 Å². The molecule has 1 aliphatic rings. The van der Waals surface area contributed by atoms with Crippen molar-refractivity contribution >= 4 is 38.6 Å². The number of anilines is 3. The van der Waals surface area contributed by atoms with Crippen LogP contribution in [0.2, 0.25) is 0 Å². The van der Waals surface area contributed by atoms with Crippen molar-refractivity contribution in [3.05, 3.63) is 259 Å². The first-order valence-corrected chi connectivity index (χ1v) is 19.8. The molecule has 0 amide bonds. The summed E-state index contributed by atoms with van der Waals surface area (Å²) in [5.74, 6) is 0. The minimum atomic E-state index is -0.684. The van der Waals surface area contributed by atoms with Gasteiger partial charge in [-0.15, -0.1) is 0 Å². The molecule has 0 radical (unpaired) electrons. The Hall–Kier alpha value is -7.48. The number of fused-ring (bicyclic) bond motifs is 5. The van der Waals surface area contributed by atoms with Gasteiger partial charge in [0.15, 0.2) is 0 Å². The average molecular weight is 742 g/mol. The first-order valence-electron chi connectivity index (χ1n) is 21.8. The topological polar surface area (TPSA) is 3.24 Å². The maximum absolute atomic E-state index is 10.1. The number of rotatable bonds is 7. The monoisotopic (exact) mass is 741 g/mol. The van der Waals surface area contributed by atoms with E-state index in [1.165, 1.54) is 5.56 Å². The van der Waals surface area contributed by atoms with Gasteiger partial charge in [-0.2, -0.15) is 0 Å². The van der Waals surface area contributed by atoms with Gasteiger partial charge < -0.3 is 4.90 Å². The van der Waals surface area contributed by atoms with E-state index in [4.69, 9.17) is 0 Å². The van der Waals surface area contributed by atoms with Crippen LogP contribution in [0.5, 0.6) is 0 Å². The van der Waals surface area contributed by atoms with E-state index in [1.807, 2.05) is 59.5 Å². The molecular formula is C57H39N. The van der Waals surface area contributed by atoms with Crippen molar-refractivity contribution in [1.82, 2.24) is 0 Å². The predicted octanol–water partition coefficient (Wildman–Crippen LogP) is 15.2. The van der Waals surface area contributed by atoms with Gasteiger partial charge in [0.25, 0.3) is 0 Å². The number of nitrogens with zero attached hydrogens (tertiary/aromatic N) is 1. The number of benzene rings is 10.